The third kappa shape index (κ3) is 2.80. The van der Waals surface area contributed by atoms with Crippen LogP contribution in [-0.4, -0.2) is 12.0 Å². The van der Waals surface area contributed by atoms with Gasteiger partial charge in [0.1, 0.15) is 0 Å². The van der Waals surface area contributed by atoms with E-state index in [1.807, 2.05) is 27.0 Å². The van der Waals surface area contributed by atoms with Crippen molar-refractivity contribution in [2.45, 2.75) is 27.3 Å². The number of hydrogen-bond acceptors (Lipinski definition) is 2. The molecule has 0 saturated heterocycles. The molecule has 0 saturated carbocycles. The number of fused-ring (bicyclic) bond motifs is 1. The fourth-order valence-electron chi connectivity index (χ4n) is 1.69. The van der Waals surface area contributed by atoms with Crippen LogP contribution in [0.3, 0.4) is 0 Å². The molecule has 1 N–H and O–H groups in total. The van der Waals surface area contributed by atoms with Gasteiger partial charge in [0, 0.05) is 11.9 Å². The van der Waals surface area contributed by atoms with Crippen LogP contribution in [0.25, 0.3) is 10.9 Å². The highest BCUT2D eigenvalue weighted by atomic mass is 14.8. The summed E-state index contributed by atoms with van der Waals surface area (Å²) in [6.07, 6.45) is 0. The van der Waals surface area contributed by atoms with Crippen LogP contribution >= 0.6 is 0 Å². The Morgan fingerprint density at radius 3 is 2.56 bits per heavy atom. The third-order valence-corrected chi connectivity index (χ3v) is 2.33. The van der Waals surface area contributed by atoms with Crippen LogP contribution in [0.2, 0.25) is 0 Å². The average molecular weight is 216 g/mol. The van der Waals surface area contributed by atoms with Crippen molar-refractivity contribution in [3.05, 3.63) is 41.6 Å². The number of nitrogens with one attached hydrogen (secondary N) is 1. The summed E-state index contributed by atoms with van der Waals surface area (Å²) >= 11 is 0. The van der Waals surface area contributed by atoms with Crippen LogP contribution in [0.4, 0.5) is 0 Å². The van der Waals surface area contributed by atoms with Gasteiger partial charge in [-0.2, -0.15) is 0 Å². The van der Waals surface area contributed by atoms with Crippen LogP contribution in [-0.2, 0) is 6.54 Å². The summed E-state index contributed by atoms with van der Waals surface area (Å²) in [5.74, 6) is 0. The minimum Gasteiger partial charge on any atom is -0.314 e. The predicted molar refractivity (Wildman–Crippen MR) is 70.6 cm³/mol. The molecule has 0 unspecified atom stereocenters. The lowest BCUT2D eigenvalue weighted by molar-refractivity contribution is 0.794. The minimum absolute atomic E-state index is 0.825. The van der Waals surface area contributed by atoms with E-state index >= 15 is 0 Å². The lowest BCUT2D eigenvalue weighted by Gasteiger charge is -2.05. The largest absolute Gasteiger partial charge is 0.314 e. The number of nitrogens with zero attached hydrogens (tertiary/aromatic N) is 1. The van der Waals surface area contributed by atoms with Crippen LogP contribution in [0.1, 0.15) is 25.1 Å². The van der Waals surface area contributed by atoms with Gasteiger partial charge in [-0.15, -0.1) is 0 Å². The van der Waals surface area contributed by atoms with E-state index in [-0.39, 0.29) is 0 Å². The molecule has 0 amide bonds. The number of benzene rings is 1. The first kappa shape index (κ1) is 12.7. The number of para-hydroxylation sites is 1. The van der Waals surface area contributed by atoms with Crippen molar-refractivity contribution in [2.24, 2.45) is 0 Å². The van der Waals surface area contributed by atoms with Gasteiger partial charge >= 0.3 is 0 Å². The first-order chi connectivity index (χ1) is 7.81. The molecule has 16 heavy (non-hydrogen) atoms. The van der Waals surface area contributed by atoms with Crippen molar-refractivity contribution in [2.75, 3.05) is 7.05 Å². The van der Waals surface area contributed by atoms with Crippen molar-refractivity contribution in [1.29, 1.82) is 0 Å². The third-order valence-electron chi connectivity index (χ3n) is 2.33. The molecule has 2 aromatic rings. The summed E-state index contributed by atoms with van der Waals surface area (Å²) in [5, 5.41) is 4.36. The Bertz CT molecular complexity index is 449. The van der Waals surface area contributed by atoms with Crippen molar-refractivity contribution >= 4 is 10.9 Å². The highest BCUT2D eigenvalue weighted by Crippen LogP contribution is 2.16. The Morgan fingerprint density at radius 2 is 1.88 bits per heavy atom. The maximum Gasteiger partial charge on any atom is 0.0708 e. The molecule has 0 aliphatic rings. The first-order valence-electron chi connectivity index (χ1n) is 5.81. The van der Waals surface area contributed by atoms with E-state index in [9.17, 15) is 0 Å². The Kier molecular flexibility index (Phi) is 4.93. The number of rotatable bonds is 2. The van der Waals surface area contributed by atoms with E-state index in [4.69, 9.17) is 0 Å². The Hall–Kier alpha value is -1.41. The Balaban J connectivity index is 0.000000606. The quantitative estimate of drug-likeness (QED) is 0.833. The maximum absolute atomic E-state index is 4.56. The molecule has 0 bridgehead atoms. The second-order valence-corrected chi connectivity index (χ2v) is 3.48. The van der Waals surface area contributed by atoms with E-state index in [2.05, 4.69) is 41.5 Å². The zero-order valence-corrected chi connectivity index (χ0v) is 10.5. The van der Waals surface area contributed by atoms with E-state index in [1.54, 1.807) is 0 Å². The van der Waals surface area contributed by atoms with Crippen LogP contribution < -0.4 is 5.32 Å². The molecule has 0 radical (unpaired) electrons. The van der Waals surface area contributed by atoms with Crippen molar-refractivity contribution in [3.8, 4) is 0 Å². The molecule has 0 spiro atoms. The van der Waals surface area contributed by atoms with Crippen molar-refractivity contribution in [1.82, 2.24) is 10.3 Å². The Labute approximate surface area is 97.7 Å². The number of hydrogen-bond donors (Lipinski definition) is 1. The van der Waals surface area contributed by atoms with Gasteiger partial charge < -0.3 is 5.32 Å². The van der Waals surface area contributed by atoms with E-state index in [1.165, 1.54) is 10.9 Å². The molecule has 2 rings (SSSR count). The molecule has 1 aromatic heterocycles. The molecule has 2 heteroatoms. The normalized spacial score (nSPS) is 9.75. The van der Waals surface area contributed by atoms with Gasteiger partial charge in [0.15, 0.2) is 0 Å². The summed E-state index contributed by atoms with van der Waals surface area (Å²) in [5.41, 5.74) is 3.47. The standard InChI is InChI=1S/C12H14N2.C2H6/c1-9-7-10(8-13-2)14-12-6-4-3-5-11(9)12;1-2/h3-7,13H,8H2,1-2H3;1-2H3. The highest BCUT2D eigenvalue weighted by Gasteiger charge is 2.00. The number of pyridine rings is 1. The van der Waals surface area contributed by atoms with Crippen molar-refractivity contribution < 1.29 is 0 Å². The molecular formula is C14H20N2. The summed E-state index contributed by atoms with van der Waals surface area (Å²) < 4.78 is 0. The maximum atomic E-state index is 4.56. The summed E-state index contributed by atoms with van der Waals surface area (Å²) in [7, 11) is 1.94. The molecule has 0 fully saturated rings. The molecule has 1 aromatic carbocycles. The number of aryl methyl sites for hydroxylation is 1. The molecule has 0 aliphatic carbocycles. The van der Waals surface area contributed by atoms with E-state index < -0.39 is 0 Å². The zero-order valence-electron chi connectivity index (χ0n) is 10.5. The lowest BCUT2D eigenvalue weighted by Crippen LogP contribution is -2.07. The van der Waals surface area contributed by atoms with Gasteiger partial charge in [-0.25, -0.2) is 0 Å². The van der Waals surface area contributed by atoms with Gasteiger partial charge in [-0.05, 0) is 31.7 Å². The summed E-state index contributed by atoms with van der Waals surface area (Å²) in [6, 6.07) is 10.4. The summed E-state index contributed by atoms with van der Waals surface area (Å²) in [4.78, 5) is 4.56. The first-order valence-corrected chi connectivity index (χ1v) is 5.81. The highest BCUT2D eigenvalue weighted by molar-refractivity contribution is 5.81. The zero-order chi connectivity index (χ0) is 12.0. The monoisotopic (exact) mass is 216 g/mol. The van der Waals surface area contributed by atoms with Gasteiger partial charge in [0.25, 0.3) is 0 Å². The molecule has 1 heterocycles. The average Bonchev–Trinajstić information content (AvgIpc) is 2.32. The second-order valence-electron chi connectivity index (χ2n) is 3.48. The second kappa shape index (κ2) is 6.23. The van der Waals surface area contributed by atoms with Gasteiger partial charge in [-0.1, -0.05) is 32.0 Å². The van der Waals surface area contributed by atoms with Gasteiger partial charge in [0.05, 0.1) is 11.2 Å². The van der Waals surface area contributed by atoms with Crippen LogP contribution in [0.5, 0.6) is 0 Å². The summed E-state index contributed by atoms with van der Waals surface area (Å²) in [6.45, 7) is 6.95. The van der Waals surface area contributed by atoms with E-state index in [0.29, 0.717) is 0 Å². The molecule has 0 aliphatic heterocycles. The molecular weight excluding hydrogens is 196 g/mol. The molecule has 2 nitrogen and oxygen atoms in total. The number of aromatic nitrogens is 1. The predicted octanol–water partition coefficient (Wildman–Crippen LogP) is 3.29. The van der Waals surface area contributed by atoms with Crippen LogP contribution in [0, 0.1) is 6.92 Å². The molecule has 0 atom stereocenters. The fourth-order valence-corrected chi connectivity index (χ4v) is 1.69. The van der Waals surface area contributed by atoms with Gasteiger partial charge in [0.2, 0.25) is 0 Å². The smallest absolute Gasteiger partial charge is 0.0708 e. The lowest BCUT2D eigenvalue weighted by atomic mass is 10.1. The van der Waals surface area contributed by atoms with E-state index in [0.717, 1.165) is 17.8 Å². The van der Waals surface area contributed by atoms with Gasteiger partial charge in [-0.3, -0.25) is 4.98 Å². The molecule has 86 valence electrons. The van der Waals surface area contributed by atoms with Crippen molar-refractivity contribution in [3.63, 3.8) is 0 Å². The Morgan fingerprint density at radius 1 is 1.19 bits per heavy atom. The minimum atomic E-state index is 0.825. The SMILES string of the molecule is CC.CNCc1cc(C)c2ccccc2n1. The fraction of sp³-hybridized carbons (Fsp3) is 0.357. The van der Waals surface area contributed by atoms with Crippen LogP contribution in [0.15, 0.2) is 30.3 Å². The topological polar surface area (TPSA) is 24.9 Å².